The first-order chi connectivity index (χ1) is 13.9. The molecule has 1 aromatic rings. The Bertz CT molecular complexity index is 772. The van der Waals surface area contributed by atoms with Crippen molar-refractivity contribution in [2.24, 2.45) is 34.5 Å². The molecule has 0 unspecified atom stereocenters. The lowest BCUT2D eigenvalue weighted by molar-refractivity contribution is -0.146. The van der Waals surface area contributed by atoms with Crippen LogP contribution in [0.1, 0.15) is 77.2 Å². The van der Waals surface area contributed by atoms with Crippen LogP contribution in [0, 0.1) is 34.5 Å². The van der Waals surface area contributed by atoms with Gasteiger partial charge in [0.15, 0.2) is 0 Å². The average Bonchev–Trinajstić information content (AvgIpc) is 2.99. The molecule has 0 spiro atoms. The summed E-state index contributed by atoms with van der Waals surface area (Å²) in [5, 5.41) is 22.0. The fourth-order valence-electron chi connectivity index (χ4n) is 8.36. The number of rotatable bonds is 2. The third-order valence-corrected chi connectivity index (χ3v) is 10.2. The quantitative estimate of drug-likeness (QED) is 0.662. The molecule has 2 heteroatoms. The summed E-state index contributed by atoms with van der Waals surface area (Å²) in [5.74, 6) is 2.88. The molecule has 158 valence electrons. The summed E-state index contributed by atoms with van der Waals surface area (Å²) < 4.78 is 0. The number of aliphatic hydroxyl groups excluding tert-OH is 1. The predicted octanol–water partition coefficient (Wildman–Crippen LogP) is 5.83. The molecule has 2 N–H and O–H groups in total. The fourth-order valence-corrected chi connectivity index (χ4v) is 8.36. The van der Waals surface area contributed by atoms with Crippen molar-refractivity contribution in [3.8, 4) is 0 Å². The van der Waals surface area contributed by atoms with Crippen LogP contribution in [-0.2, 0) is 0 Å². The molecule has 2 nitrogen and oxygen atoms in total. The van der Waals surface area contributed by atoms with Crippen molar-refractivity contribution in [1.82, 2.24) is 0 Å². The van der Waals surface area contributed by atoms with E-state index in [-0.39, 0.29) is 11.5 Å². The van der Waals surface area contributed by atoms with Crippen LogP contribution < -0.4 is 0 Å². The van der Waals surface area contributed by atoms with E-state index in [1.807, 2.05) is 6.07 Å². The van der Waals surface area contributed by atoms with Crippen LogP contribution in [0.5, 0.6) is 0 Å². The van der Waals surface area contributed by atoms with E-state index < -0.39 is 5.60 Å². The minimum atomic E-state index is -0.682. The number of benzene rings is 1. The van der Waals surface area contributed by atoms with Gasteiger partial charge in [0.1, 0.15) is 0 Å². The molecule has 0 aromatic heterocycles. The van der Waals surface area contributed by atoms with Gasteiger partial charge in [-0.25, -0.2) is 0 Å². The fraction of sp³-hybridized carbons (Fsp3) is 0.704. The van der Waals surface area contributed by atoms with E-state index in [1.54, 1.807) is 0 Å². The van der Waals surface area contributed by atoms with E-state index in [2.05, 4.69) is 50.3 Å². The second-order valence-electron chi connectivity index (χ2n) is 11.2. The molecule has 4 aliphatic carbocycles. The lowest BCUT2D eigenvalue weighted by Crippen LogP contribution is -2.56. The van der Waals surface area contributed by atoms with E-state index in [4.69, 9.17) is 0 Å². The van der Waals surface area contributed by atoms with Gasteiger partial charge >= 0.3 is 0 Å². The number of aliphatic hydroxyl groups is 2. The molecule has 29 heavy (non-hydrogen) atoms. The number of fused-ring (bicyclic) bond motifs is 5. The molecule has 0 saturated heterocycles. The van der Waals surface area contributed by atoms with Gasteiger partial charge in [0, 0.05) is 5.41 Å². The van der Waals surface area contributed by atoms with Gasteiger partial charge in [-0.1, -0.05) is 56.3 Å². The third kappa shape index (κ3) is 2.97. The van der Waals surface area contributed by atoms with Crippen LogP contribution in [0.4, 0.5) is 0 Å². The second kappa shape index (κ2) is 6.95. The van der Waals surface area contributed by atoms with Crippen molar-refractivity contribution < 1.29 is 10.2 Å². The Balaban J connectivity index is 1.40. The Kier molecular flexibility index (Phi) is 4.75. The Morgan fingerprint density at radius 3 is 2.45 bits per heavy atom. The zero-order valence-electron chi connectivity index (χ0n) is 18.2. The standard InChI is InChI=1S/C27H38O2/c1-25-14-11-21(28)18-20(25)8-9-22-23(25)12-15-26(2)24(22)13-17-27(26,29)16-10-19-6-4-3-5-7-19/h3-7,10,16,20-24,28-29H,8-9,11-15,17-18H2,1-2H3/t20-,21+,22-,23-,24+,25+,26-,27-/m0/s1. The van der Waals surface area contributed by atoms with Crippen molar-refractivity contribution in [3.05, 3.63) is 42.0 Å². The molecule has 0 amide bonds. The predicted molar refractivity (Wildman–Crippen MR) is 118 cm³/mol. The van der Waals surface area contributed by atoms with E-state index in [1.165, 1.54) is 31.2 Å². The summed E-state index contributed by atoms with van der Waals surface area (Å²) in [6.07, 6.45) is 14.4. The number of hydrogen-bond donors (Lipinski definition) is 2. The first-order valence-electron chi connectivity index (χ1n) is 12.0. The lowest BCUT2D eigenvalue weighted by atomic mass is 9.44. The van der Waals surface area contributed by atoms with Crippen LogP contribution in [-0.4, -0.2) is 21.9 Å². The average molecular weight is 395 g/mol. The molecule has 5 rings (SSSR count). The summed E-state index contributed by atoms with van der Waals surface area (Å²) in [6.45, 7) is 4.93. The summed E-state index contributed by atoms with van der Waals surface area (Å²) in [4.78, 5) is 0. The van der Waals surface area contributed by atoms with Crippen molar-refractivity contribution in [1.29, 1.82) is 0 Å². The van der Waals surface area contributed by atoms with Crippen molar-refractivity contribution in [2.75, 3.05) is 0 Å². The SMILES string of the molecule is C[C@@]12CC[C@@H](O)C[C@@H]1CC[C@@H]1[C@H]3CC[C@@](O)(C=Cc4ccccc4)[C@@]3(C)CC[C@@H]12. The summed E-state index contributed by atoms with van der Waals surface area (Å²) >= 11 is 0. The van der Waals surface area contributed by atoms with E-state index >= 15 is 0 Å². The van der Waals surface area contributed by atoms with Gasteiger partial charge in [-0.3, -0.25) is 0 Å². The summed E-state index contributed by atoms with van der Waals surface area (Å²) in [5.41, 5.74) is 0.898. The van der Waals surface area contributed by atoms with Gasteiger partial charge in [0.2, 0.25) is 0 Å². The molecule has 0 bridgehead atoms. The van der Waals surface area contributed by atoms with Crippen LogP contribution in [0.3, 0.4) is 0 Å². The molecular formula is C27H38O2. The van der Waals surface area contributed by atoms with E-state index in [0.29, 0.717) is 17.3 Å². The molecule has 4 fully saturated rings. The van der Waals surface area contributed by atoms with Gasteiger partial charge in [0.25, 0.3) is 0 Å². The maximum Gasteiger partial charge on any atom is 0.0887 e. The Morgan fingerprint density at radius 1 is 0.897 bits per heavy atom. The Morgan fingerprint density at radius 2 is 1.66 bits per heavy atom. The molecule has 0 radical (unpaired) electrons. The minimum Gasteiger partial charge on any atom is -0.393 e. The van der Waals surface area contributed by atoms with Crippen molar-refractivity contribution in [2.45, 2.75) is 83.3 Å². The topological polar surface area (TPSA) is 40.5 Å². The third-order valence-electron chi connectivity index (χ3n) is 10.2. The molecule has 0 aliphatic heterocycles. The zero-order chi connectivity index (χ0) is 20.3. The molecule has 8 atom stereocenters. The van der Waals surface area contributed by atoms with Gasteiger partial charge in [-0.15, -0.1) is 0 Å². The highest BCUT2D eigenvalue weighted by molar-refractivity contribution is 5.51. The summed E-state index contributed by atoms with van der Waals surface area (Å²) in [6, 6.07) is 10.4. The van der Waals surface area contributed by atoms with Crippen molar-refractivity contribution in [3.63, 3.8) is 0 Å². The van der Waals surface area contributed by atoms with Crippen molar-refractivity contribution >= 4 is 6.08 Å². The van der Waals surface area contributed by atoms with E-state index in [9.17, 15) is 10.2 Å². The molecule has 1 aromatic carbocycles. The van der Waals surface area contributed by atoms with E-state index in [0.717, 1.165) is 43.9 Å². The Labute approximate surface area is 176 Å². The van der Waals surface area contributed by atoms with Gasteiger partial charge in [-0.2, -0.15) is 0 Å². The second-order valence-corrected chi connectivity index (χ2v) is 11.2. The molecule has 4 saturated carbocycles. The number of hydrogen-bond acceptors (Lipinski definition) is 2. The zero-order valence-corrected chi connectivity index (χ0v) is 18.2. The first kappa shape index (κ1) is 19.8. The van der Waals surface area contributed by atoms with Crippen LogP contribution in [0.15, 0.2) is 36.4 Å². The maximum atomic E-state index is 11.8. The highest BCUT2D eigenvalue weighted by atomic mass is 16.3. The smallest absolute Gasteiger partial charge is 0.0887 e. The maximum absolute atomic E-state index is 11.8. The van der Waals surface area contributed by atoms with Crippen LogP contribution >= 0.6 is 0 Å². The minimum absolute atomic E-state index is 0.00315. The van der Waals surface area contributed by atoms with Gasteiger partial charge in [-0.05, 0) is 92.4 Å². The lowest BCUT2D eigenvalue weighted by Gasteiger charge is -2.61. The highest BCUT2D eigenvalue weighted by Crippen LogP contribution is 2.68. The molecule has 0 heterocycles. The highest BCUT2D eigenvalue weighted by Gasteiger charge is 2.63. The monoisotopic (exact) mass is 394 g/mol. The van der Waals surface area contributed by atoms with Gasteiger partial charge < -0.3 is 10.2 Å². The van der Waals surface area contributed by atoms with Crippen LogP contribution in [0.2, 0.25) is 0 Å². The normalized spacial score (nSPS) is 49.4. The Hall–Kier alpha value is -1.12. The first-order valence-corrected chi connectivity index (χ1v) is 12.0. The van der Waals surface area contributed by atoms with Gasteiger partial charge in [0.05, 0.1) is 11.7 Å². The molecular weight excluding hydrogens is 356 g/mol. The van der Waals surface area contributed by atoms with Crippen LogP contribution in [0.25, 0.3) is 6.08 Å². The molecule has 4 aliphatic rings. The summed E-state index contributed by atoms with van der Waals surface area (Å²) in [7, 11) is 0. The largest absolute Gasteiger partial charge is 0.393 e.